The molecule has 3 atom stereocenters. The van der Waals surface area contributed by atoms with Gasteiger partial charge in [-0.25, -0.2) is 4.39 Å². The van der Waals surface area contributed by atoms with Gasteiger partial charge in [0.15, 0.2) is 0 Å². The Balaban J connectivity index is 2.20. The third-order valence-electron chi connectivity index (χ3n) is 4.59. The summed E-state index contributed by atoms with van der Waals surface area (Å²) in [4.78, 5) is 2.35. The summed E-state index contributed by atoms with van der Waals surface area (Å²) in [5.41, 5.74) is 6.69. The maximum atomic E-state index is 14.0. The molecule has 0 aliphatic heterocycles. The van der Waals surface area contributed by atoms with E-state index in [2.05, 4.69) is 18.9 Å². The van der Waals surface area contributed by atoms with Crippen LogP contribution < -0.4 is 5.73 Å². The van der Waals surface area contributed by atoms with Crippen LogP contribution in [-0.2, 0) is 0 Å². The first kappa shape index (κ1) is 14.5. The quantitative estimate of drug-likeness (QED) is 0.884. The summed E-state index contributed by atoms with van der Waals surface area (Å²) >= 11 is 0. The van der Waals surface area contributed by atoms with Crippen molar-refractivity contribution in [1.29, 1.82) is 0 Å². The molecule has 1 aromatic rings. The van der Waals surface area contributed by atoms with Crippen molar-refractivity contribution >= 4 is 0 Å². The number of nitrogens with zero attached hydrogens (tertiary/aromatic N) is 1. The van der Waals surface area contributed by atoms with Crippen molar-refractivity contribution in [2.45, 2.75) is 44.7 Å². The molecule has 0 bridgehead atoms. The second-order valence-corrected chi connectivity index (χ2v) is 5.61. The Kier molecular flexibility index (Phi) is 4.94. The highest BCUT2D eigenvalue weighted by Crippen LogP contribution is 2.35. The first-order valence-electron chi connectivity index (χ1n) is 7.35. The molecule has 3 heteroatoms. The molecule has 0 amide bonds. The highest BCUT2D eigenvalue weighted by molar-refractivity contribution is 5.21. The summed E-state index contributed by atoms with van der Waals surface area (Å²) in [6, 6.07) is 7.79. The summed E-state index contributed by atoms with van der Waals surface area (Å²) in [6.07, 6.45) is 4.55. The fourth-order valence-electron chi connectivity index (χ4n) is 3.53. The van der Waals surface area contributed by atoms with Gasteiger partial charge in [0.05, 0.1) is 0 Å². The molecule has 1 aromatic carbocycles. The maximum Gasteiger partial charge on any atom is 0.127 e. The Morgan fingerprint density at radius 3 is 2.74 bits per heavy atom. The van der Waals surface area contributed by atoms with Crippen LogP contribution in [0.4, 0.5) is 4.39 Å². The molecule has 1 aliphatic carbocycles. The first-order valence-corrected chi connectivity index (χ1v) is 7.35. The van der Waals surface area contributed by atoms with E-state index in [0.717, 1.165) is 18.5 Å². The lowest BCUT2D eigenvalue weighted by molar-refractivity contribution is 0.136. The summed E-state index contributed by atoms with van der Waals surface area (Å²) < 4.78 is 14.0. The molecule has 1 aliphatic rings. The fraction of sp³-hybridized carbons (Fsp3) is 0.625. The smallest absolute Gasteiger partial charge is 0.127 e. The lowest BCUT2D eigenvalue weighted by atomic mass is 9.96. The van der Waals surface area contributed by atoms with Gasteiger partial charge in [0.2, 0.25) is 0 Å². The summed E-state index contributed by atoms with van der Waals surface area (Å²) in [5, 5.41) is 0. The lowest BCUT2D eigenvalue weighted by Gasteiger charge is -2.36. The van der Waals surface area contributed by atoms with Crippen molar-refractivity contribution in [1.82, 2.24) is 4.90 Å². The molecule has 0 radical (unpaired) electrons. The number of nitrogens with two attached hydrogens (primary N) is 1. The standard InChI is InChI=1S/C16H25FN2/c1-3-15(13-8-4-5-9-14(13)17)19(2)16-10-6-7-12(16)11-18/h4-5,8-9,12,15-16H,3,6-7,10-11,18H2,1-2H3. The van der Waals surface area contributed by atoms with Crippen LogP contribution in [0.5, 0.6) is 0 Å². The Bertz CT molecular complexity index is 407. The lowest BCUT2D eigenvalue weighted by Crippen LogP contribution is -2.40. The summed E-state index contributed by atoms with van der Waals surface area (Å²) in [6.45, 7) is 2.86. The van der Waals surface area contributed by atoms with Gasteiger partial charge in [-0.05, 0) is 44.8 Å². The van der Waals surface area contributed by atoms with Gasteiger partial charge in [0, 0.05) is 17.6 Å². The normalized spacial score (nSPS) is 24.9. The molecule has 1 fully saturated rings. The number of hydrogen-bond donors (Lipinski definition) is 1. The molecule has 2 nitrogen and oxygen atoms in total. The van der Waals surface area contributed by atoms with E-state index in [9.17, 15) is 4.39 Å². The minimum Gasteiger partial charge on any atom is -0.330 e. The molecule has 19 heavy (non-hydrogen) atoms. The Hall–Kier alpha value is -0.930. The van der Waals surface area contributed by atoms with Crippen LogP contribution in [0, 0.1) is 11.7 Å². The van der Waals surface area contributed by atoms with Crippen molar-refractivity contribution in [3.63, 3.8) is 0 Å². The van der Waals surface area contributed by atoms with Gasteiger partial charge < -0.3 is 5.73 Å². The van der Waals surface area contributed by atoms with Gasteiger partial charge in [-0.15, -0.1) is 0 Å². The number of halogens is 1. The van der Waals surface area contributed by atoms with Crippen LogP contribution in [0.25, 0.3) is 0 Å². The molecule has 0 aromatic heterocycles. The number of rotatable bonds is 5. The molecule has 2 N–H and O–H groups in total. The topological polar surface area (TPSA) is 29.3 Å². The van der Waals surface area contributed by atoms with E-state index in [1.54, 1.807) is 12.1 Å². The maximum absolute atomic E-state index is 14.0. The molecule has 2 rings (SSSR count). The summed E-state index contributed by atoms with van der Waals surface area (Å²) in [5.74, 6) is 0.467. The molecule has 3 unspecified atom stereocenters. The van der Waals surface area contributed by atoms with E-state index in [-0.39, 0.29) is 11.9 Å². The highest BCUT2D eigenvalue weighted by atomic mass is 19.1. The Morgan fingerprint density at radius 1 is 1.37 bits per heavy atom. The molecule has 0 heterocycles. The minimum absolute atomic E-state index is 0.0940. The zero-order valence-corrected chi connectivity index (χ0v) is 12.0. The summed E-state index contributed by atoms with van der Waals surface area (Å²) in [7, 11) is 2.12. The highest BCUT2D eigenvalue weighted by Gasteiger charge is 2.33. The van der Waals surface area contributed by atoms with Gasteiger partial charge >= 0.3 is 0 Å². The average molecular weight is 264 g/mol. The Morgan fingerprint density at radius 2 is 2.11 bits per heavy atom. The SMILES string of the molecule is CCC(c1ccccc1F)N(C)C1CCCC1CN. The van der Waals surface area contributed by atoms with E-state index in [4.69, 9.17) is 5.73 Å². The molecular weight excluding hydrogens is 239 g/mol. The predicted octanol–water partition coefficient (Wildman–Crippen LogP) is 3.34. The van der Waals surface area contributed by atoms with Crippen LogP contribution in [0.2, 0.25) is 0 Å². The second-order valence-electron chi connectivity index (χ2n) is 5.61. The predicted molar refractivity (Wildman–Crippen MR) is 77.4 cm³/mol. The second kappa shape index (κ2) is 6.49. The van der Waals surface area contributed by atoms with E-state index < -0.39 is 0 Å². The molecule has 0 saturated heterocycles. The molecular formula is C16H25FN2. The van der Waals surface area contributed by atoms with E-state index >= 15 is 0 Å². The van der Waals surface area contributed by atoms with Crippen molar-refractivity contribution in [3.8, 4) is 0 Å². The Labute approximate surface area is 115 Å². The van der Waals surface area contributed by atoms with Crippen molar-refractivity contribution in [3.05, 3.63) is 35.6 Å². The van der Waals surface area contributed by atoms with Gasteiger partial charge in [-0.1, -0.05) is 31.5 Å². The molecule has 1 saturated carbocycles. The van der Waals surface area contributed by atoms with Gasteiger partial charge in [-0.2, -0.15) is 0 Å². The van der Waals surface area contributed by atoms with Crippen LogP contribution in [-0.4, -0.2) is 24.5 Å². The number of benzene rings is 1. The monoisotopic (exact) mass is 264 g/mol. The van der Waals surface area contributed by atoms with Gasteiger partial charge in [0.25, 0.3) is 0 Å². The molecule has 0 spiro atoms. The van der Waals surface area contributed by atoms with Gasteiger partial charge in [0.1, 0.15) is 5.82 Å². The van der Waals surface area contributed by atoms with Crippen LogP contribution in [0.3, 0.4) is 0 Å². The van der Waals surface area contributed by atoms with E-state index in [1.807, 2.05) is 12.1 Å². The third-order valence-corrected chi connectivity index (χ3v) is 4.59. The zero-order valence-electron chi connectivity index (χ0n) is 12.0. The van der Waals surface area contributed by atoms with Gasteiger partial charge in [-0.3, -0.25) is 4.90 Å². The zero-order chi connectivity index (χ0) is 13.8. The van der Waals surface area contributed by atoms with E-state index in [1.165, 1.54) is 19.3 Å². The van der Waals surface area contributed by atoms with Crippen molar-refractivity contribution < 1.29 is 4.39 Å². The van der Waals surface area contributed by atoms with Crippen molar-refractivity contribution in [2.75, 3.05) is 13.6 Å². The molecule has 106 valence electrons. The first-order chi connectivity index (χ1) is 9.19. The average Bonchev–Trinajstić information content (AvgIpc) is 2.89. The van der Waals surface area contributed by atoms with Crippen molar-refractivity contribution in [2.24, 2.45) is 11.7 Å². The van der Waals surface area contributed by atoms with Crippen LogP contribution in [0.1, 0.15) is 44.2 Å². The van der Waals surface area contributed by atoms with Crippen LogP contribution >= 0.6 is 0 Å². The van der Waals surface area contributed by atoms with Crippen LogP contribution in [0.15, 0.2) is 24.3 Å². The van der Waals surface area contributed by atoms with E-state index in [0.29, 0.717) is 12.0 Å². The third kappa shape index (κ3) is 2.98. The minimum atomic E-state index is -0.0940. The number of hydrogen-bond acceptors (Lipinski definition) is 2. The fourth-order valence-corrected chi connectivity index (χ4v) is 3.53. The largest absolute Gasteiger partial charge is 0.330 e.